The number of nitrogens with zero attached hydrogens (tertiary/aromatic N) is 1. The molecule has 1 amide bonds. The van der Waals surface area contributed by atoms with E-state index in [9.17, 15) is 9.18 Å². The molecule has 21 heavy (non-hydrogen) atoms. The van der Waals surface area contributed by atoms with Gasteiger partial charge in [-0.25, -0.2) is 4.39 Å². The average Bonchev–Trinajstić information content (AvgIpc) is 2.88. The van der Waals surface area contributed by atoms with E-state index in [0.717, 1.165) is 12.1 Å². The number of benzene rings is 1. The molecule has 4 nitrogen and oxygen atoms in total. The maximum Gasteiger partial charge on any atom is 0.271 e. The highest BCUT2D eigenvalue weighted by atomic mass is 19.1. The maximum absolute atomic E-state index is 13.4. The Hall–Kier alpha value is -2.17. The third kappa shape index (κ3) is 4.41. The first-order valence-electron chi connectivity index (χ1n) is 7.12. The van der Waals surface area contributed by atoms with Gasteiger partial charge >= 0.3 is 0 Å². The lowest BCUT2D eigenvalue weighted by Crippen LogP contribution is -2.26. The Bertz CT molecular complexity index is 607. The Balaban J connectivity index is 1.84. The van der Waals surface area contributed by atoms with E-state index in [-0.39, 0.29) is 11.7 Å². The summed E-state index contributed by atoms with van der Waals surface area (Å²) in [6, 6.07) is 8.34. The van der Waals surface area contributed by atoms with Crippen molar-refractivity contribution in [1.29, 1.82) is 0 Å². The maximum atomic E-state index is 13.4. The SMILES string of the molecule is CC(C)Cc1cc(C(=O)NCCc2ccccc2F)n[nH]1. The minimum atomic E-state index is -0.245. The van der Waals surface area contributed by atoms with Crippen molar-refractivity contribution in [3.8, 4) is 0 Å². The van der Waals surface area contributed by atoms with E-state index in [1.165, 1.54) is 6.07 Å². The molecule has 0 spiro atoms. The van der Waals surface area contributed by atoms with Gasteiger partial charge in [0.25, 0.3) is 5.91 Å². The number of hydrogen-bond acceptors (Lipinski definition) is 2. The van der Waals surface area contributed by atoms with Crippen molar-refractivity contribution < 1.29 is 9.18 Å². The Labute approximate surface area is 123 Å². The van der Waals surface area contributed by atoms with E-state index in [1.807, 2.05) is 0 Å². The molecule has 5 heteroatoms. The standard InChI is InChI=1S/C16H20FN3O/c1-11(2)9-13-10-15(20-19-13)16(21)18-8-7-12-5-3-4-6-14(12)17/h3-6,10-11H,7-9H2,1-2H3,(H,18,21)(H,19,20). The largest absolute Gasteiger partial charge is 0.350 e. The molecule has 0 aliphatic carbocycles. The zero-order chi connectivity index (χ0) is 15.2. The monoisotopic (exact) mass is 289 g/mol. The van der Waals surface area contributed by atoms with Gasteiger partial charge in [-0.1, -0.05) is 32.0 Å². The Morgan fingerprint density at radius 3 is 2.86 bits per heavy atom. The van der Waals surface area contributed by atoms with Crippen LogP contribution in [0, 0.1) is 11.7 Å². The van der Waals surface area contributed by atoms with Crippen molar-refractivity contribution in [3.63, 3.8) is 0 Å². The summed E-state index contributed by atoms with van der Waals surface area (Å²) in [5, 5.41) is 9.62. The minimum Gasteiger partial charge on any atom is -0.350 e. The van der Waals surface area contributed by atoms with Crippen LogP contribution in [-0.2, 0) is 12.8 Å². The van der Waals surface area contributed by atoms with Gasteiger partial charge in [0, 0.05) is 12.2 Å². The normalized spacial score (nSPS) is 10.9. The van der Waals surface area contributed by atoms with E-state index in [1.54, 1.807) is 24.3 Å². The third-order valence-electron chi connectivity index (χ3n) is 3.13. The summed E-state index contributed by atoms with van der Waals surface area (Å²) in [4.78, 5) is 11.9. The third-order valence-corrected chi connectivity index (χ3v) is 3.13. The highest BCUT2D eigenvalue weighted by Gasteiger charge is 2.11. The number of halogens is 1. The van der Waals surface area contributed by atoms with Crippen LogP contribution in [0.15, 0.2) is 30.3 Å². The Morgan fingerprint density at radius 1 is 1.38 bits per heavy atom. The predicted molar refractivity (Wildman–Crippen MR) is 79.6 cm³/mol. The van der Waals surface area contributed by atoms with Crippen molar-refractivity contribution in [2.45, 2.75) is 26.7 Å². The minimum absolute atomic E-state index is 0.238. The van der Waals surface area contributed by atoms with Crippen LogP contribution in [0.3, 0.4) is 0 Å². The number of amides is 1. The molecular weight excluding hydrogens is 269 g/mol. The van der Waals surface area contributed by atoms with Gasteiger partial charge in [0.15, 0.2) is 0 Å². The van der Waals surface area contributed by atoms with E-state index >= 15 is 0 Å². The van der Waals surface area contributed by atoms with Crippen LogP contribution in [-0.4, -0.2) is 22.6 Å². The molecule has 0 saturated carbocycles. The average molecular weight is 289 g/mol. The molecule has 2 N–H and O–H groups in total. The number of aromatic nitrogens is 2. The molecule has 0 radical (unpaired) electrons. The number of H-pyrrole nitrogens is 1. The highest BCUT2D eigenvalue weighted by Crippen LogP contribution is 2.08. The smallest absolute Gasteiger partial charge is 0.271 e. The van der Waals surface area contributed by atoms with E-state index < -0.39 is 0 Å². The first-order valence-corrected chi connectivity index (χ1v) is 7.12. The van der Waals surface area contributed by atoms with Crippen LogP contribution >= 0.6 is 0 Å². The molecule has 1 aromatic carbocycles. The van der Waals surface area contributed by atoms with Crippen molar-refractivity contribution >= 4 is 5.91 Å². The van der Waals surface area contributed by atoms with Gasteiger partial charge in [-0.05, 0) is 36.5 Å². The van der Waals surface area contributed by atoms with Crippen LogP contribution in [0.5, 0.6) is 0 Å². The molecule has 2 rings (SSSR count). The molecule has 0 aliphatic rings. The second-order valence-corrected chi connectivity index (χ2v) is 5.47. The van der Waals surface area contributed by atoms with Crippen LogP contribution in [0.25, 0.3) is 0 Å². The van der Waals surface area contributed by atoms with Gasteiger partial charge in [0.2, 0.25) is 0 Å². The zero-order valence-electron chi connectivity index (χ0n) is 12.3. The number of aromatic amines is 1. The van der Waals surface area contributed by atoms with E-state index in [4.69, 9.17) is 0 Å². The lowest BCUT2D eigenvalue weighted by atomic mass is 10.1. The van der Waals surface area contributed by atoms with Crippen LogP contribution in [0.1, 0.15) is 35.6 Å². The lowest BCUT2D eigenvalue weighted by molar-refractivity contribution is 0.0949. The molecular formula is C16H20FN3O. The summed E-state index contributed by atoms with van der Waals surface area (Å²) in [5.41, 5.74) is 1.92. The van der Waals surface area contributed by atoms with Crippen molar-refractivity contribution in [1.82, 2.24) is 15.5 Å². The number of nitrogens with one attached hydrogen (secondary N) is 2. The molecule has 0 aliphatic heterocycles. The first-order chi connectivity index (χ1) is 10.1. The van der Waals surface area contributed by atoms with Crippen LogP contribution < -0.4 is 5.32 Å². The summed E-state index contributed by atoms with van der Waals surface area (Å²) < 4.78 is 13.4. The number of carbonyl (C=O) groups is 1. The van der Waals surface area contributed by atoms with E-state index in [2.05, 4.69) is 29.4 Å². The van der Waals surface area contributed by atoms with E-state index in [0.29, 0.717) is 30.1 Å². The second-order valence-electron chi connectivity index (χ2n) is 5.47. The van der Waals surface area contributed by atoms with Crippen LogP contribution in [0.4, 0.5) is 4.39 Å². The van der Waals surface area contributed by atoms with Gasteiger partial charge < -0.3 is 5.32 Å². The van der Waals surface area contributed by atoms with Crippen molar-refractivity contribution in [2.24, 2.45) is 5.92 Å². The molecule has 112 valence electrons. The number of hydrogen-bond donors (Lipinski definition) is 2. The molecule has 0 fully saturated rings. The molecule has 1 aromatic heterocycles. The number of carbonyl (C=O) groups excluding carboxylic acids is 1. The molecule has 0 saturated heterocycles. The van der Waals surface area contributed by atoms with Crippen molar-refractivity contribution in [2.75, 3.05) is 6.54 Å². The lowest BCUT2D eigenvalue weighted by Gasteiger charge is -2.04. The highest BCUT2D eigenvalue weighted by molar-refractivity contribution is 5.92. The molecule has 0 unspecified atom stereocenters. The van der Waals surface area contributed by atoms with Gasteiger partial charge in [-0.3, -0.25) is 9.89 Å². The van der Waals surface area contributed by atoms with Crippen molar-refractivity contribution in [3.05, 3.63) is 53.1 Å². The quantitative estimate of drug-likeness (QED) is 0.859. The summed E-state index contributed by atoms with van der Waals surface area (Å²) >= 11 is 0. The predicted octanol–water partition coefficient (Wildman–Crippen LogP) is 2.72. The fourth-order valence-electron chi connectivity index (χ4n) is 2.12. The molecule has 0 bridgehead atoms. The second kappa shape index (κ2) is 7.02. The molecule has 2 aromatic rings. The summed E-state index contributed by atoms with van der Waals surface area (Å²) in [7, 11) is 0. The fourth-order valence-corrected chi connectivity index (χ4v) is 2.12. The van der Waals surface area contributed by atoms with Crippen LogP contribution in [0.2, 0.25) is 0 Å². The zero-order valence-corrected chi connectivity index (χ0v) is 12.3. The molecule has 0 atom stereocenters. The van der Waals surface area contributed by atoms with Gasteiger partial charge in [0.05, 0.1) is 0 Å². The Kier molecular flexibility index (Phi) is 5.09. The van der Waals surface area contributed by atoms with Gasteiger partial charge in [-0.2, -0.15) is 5.10 Å². The summed E-state index contributed by atoms with van der Waals surface area (Å²) in [5.74, 6) is 0.0192. The van der Waals surface area contributed by atoms with Gasteiger partial charge in [-0.15, -0.1) is 0 Å². The summed E-state index contributed by atoms with van der Waals surface area (Å²) in [6.07, 6.45) is 1.32. The number of rotatable bonds is 6. The first kappa shape index (κ1) is 15.2. The summed E-state index contributed by atoms with van der Waals surface area (Å²) in [6.45, 7) is 4.59. The topological polar surface area (TPSA) is 57.8 Å². The molecule has 1 heterocycles. The fraction of sp³-hybridized carbons (Fsp3) is 0.375. The Morgan fingerprint density at radius 2 is 2.14 bits per heavy atom. The van der Waals surface area contributed by atoms with Gasteiger partial charge in [0.1, 0.15) is 11.5 Å².